The van der Waals surface area contributed by atoms with Gasteiger partial charge in [0.25, 0.3) is 0 Å². The number of carbonyl (C=O) groups excluding carboxylic acids is 2. The van der Waals surface area contributed by atoms with Crippen LogP contribution < -0.4 is 5.32 Å². The van der Waals surface area contributed by atoms with Gasteiger partial charge < -0.3 is 14.8 Å². The first-order chi connectivity index (χ1) is 19.0. The van der Waals surface area contributed by atoms with E-state index in [2.05, 4.69) is 29.6 Å². The highest BCUT2D eigenvalue weighted by Crippen LogP contribution is 2.44. The van der Waals surface area contributed by atoms with E-state index in [0.717, 1.165) is 11.1 Å². The first-order valence-corrected chi connectivity index (χ1v) is 14.1. The minimum absolute atomic E-state index is 0.0140. The molecule has 1 amide bonds. The highest BCUT2D eigenvalue weighted by molar-refractivity contribution is 5.79. The van der Waals surface area contributed by atoms with Crippen molar-refractivity contribution in [1.29, 1.82) is 0 Å². The van der Waals surface area contributed by atoms with Crippen LogP contribution in [-0.4, -0.2) is 30.3 Å². The molecule has 1 aliphatic rings. The zero-order valence-electron chi connectivity index (χ0n) is 24.4. The summed E-state index contributed by atoms with van der Waals surface area (Å²) in [6.07, 6.45) is 2.04. The number of fused-ring (bicyclic) bond motifs is 3. The molecule has 40 heavy (non-hydrogen) atoms. The van der Waals surface area contributed by atoms with Crippen LogP contribution in [0.25, 0.3) is 11.1 Å². The SMILES string of the molecule is C/C(=C\[C@H](C(=O)OC(C)(C)C)C(C)C)[C@@H](Cc1ccccc1)NC(=O)OCC1c2ccccc2-c2ccccc21. The Morgan fingerprint density at radius 3 is 1.98 bits per heavy atom. The summed E-state index contributed by atoms with van der Waals surface area (Å²) in [4.78, 5) is 26.2. The molecule has 0 saturated carbocycles. The van der Waals surface area contributed by atoms with Crippen LogP contribution in [0.15, 0.2) is 90.5 Å². The molecule has 0 unspecified atom stereocenters. The van der Waals surface area contributed by atoms with Crippen LogP contribution >= 0.6 is 0 Å². The number of alkyl carbamates (subject to hydrolysis) is 1. The Balaban J connectivity index is 1.52. The van der Waals surface area contributed by atoms with Crippen molar-refractivity contribution < 1.29 is 19.1 Å². The number of carbonyl (C=O) groups is 2. The fourth-order valence-electron chi connectivity index (χ4n) is 5.26. The molecule has 5 heteroatoms. The second kappa shape index (κ2) is 12.5. The summed E-state index contributed by atoms with van der Waals surface area (Å²) < 4.78 is 11.6. The number of hydrogen-bond donors (Lipinski definition) is 1. The molecular weight excluding hydrogens is 498 g/mol. The molecule has 0 spiro atoms. The lowest BCUT2D eigenvalue weighted by atomic mass is 9.90. The smallest absolute Gasteiger partial charge is 0.407 e. The van der Waals surface area contributed by atoms with Crippen LogP contribution in [0.5, 0.6) is 0 Å². The maximum Gasteiger partial charge on any atom is 0.407 e. The molecule has 0 aliphatic heterocycles. The van der Waals surface area contributed by atoms with E-state index >= 15 is 0 Å². The molecule has 210 valence electrons. The van der Waals surface area contributed by atoms with Gasteiger partial charge >= 0.3 is 12.1 Å². The summed E-state index contributed by atoms with van der Waals surface area (Å²) in [6, 6.07) is 26.2. The van der Waals surface area contributed by atoms with Crippen LogP contribution in [0.4, 0.5) is 4.79 Å². The third-order valence-corrected chi connectivity index (χ3v) is 7.31. The van der Waals surface area contributed by atoms with E-state index < -0.39 is 17.6 Å². The van der Waals surface area contributed by atoms with Crippen LogP contribution in [0.1, 0.15) is 64.2 Å². The average molecular weight is 540 g/mol. The van der Waals surface area contributed by atoms with Crippen molar-refractivity contribution in [2.45, 2.75) is 65.5 Å². The number of nitrogens with one attached hydrogen (secondary N) is 1. The van der Waals surface area contributed by atoms with Gasteiger partial charge in [0.2, 0.25) is 0 Å². The Morgan fingerprint density at radius 2 is 1.43 bits per heavy atom. The van der Waals surface area contributed by atoms with Crippen LogP contribution in [0, 0.1) is 11.8 Å². The maximum atomic E-state index is 13.2. The van der Waals surface area contributed by atoms with Gasteiger partial charge in [0.1, 0.15) is 12.2 Å². The second-order valence-corrected chi connectivity index (χ2v) is 11.9. The lowest BCUT2D eigenvalue weighted by Crippen LogP contribution is -2.39. The normalized spacial score (nSPS) is 14.7. The Bertz CT molecular complexity index is 1310. The van der Waals surface area contributed by atoms with Gasteiger partial charge in [0.05, 0.1) is 12.0 Å². The van der Waals surface area contributed by atoms with Crippen molar-refractivity contribution in [1.82, 2.24) is 5.32 Å². The summed E-state index contributed by atoms with van der Waals surface area (Å²) in [6.45, 7) is 11.8. The fraction of sp³-hybridized carbons (Fsp3) is 0.371. The lowest BCUT2D eigenvalue weighted by molar-refractivity contribution is -0.159. The van der Waals surface area contributed by atoms with E-state index in [1.807, 2.05) is 102 Å². The fourth-order valence-corrected chi connectivity index (χ4v) is 5.26. The summed E-state index contributed by atoms with van der Waals surface area (Å²) >= 11 is 0. The predicted octanol–water partition coefficient (Wildman–Crippen LogP) is 7.70. The minimum Gasteiger partial charge on any atom is -0.460 e. The van der Waals surface area contributed by atoms with Crippen molar-refractivity contribution in [3.63, 3.8) is 0 Å². The minimum atomic E-state index is -0.574. The number of amides is 1. The number of rotatable bonds is 9. The zero-order chi connectivity index (χ0) is 28.9. The Hall–Kier alpha value is -3.86. The van der Waals surface area contributed by atoms with Crippen LogP contribution in [-0.2, 0) is 20.7 Å². The van der Waals surface area contributed by atoms with E-state index in [-0.39, 0.29) is 30.5 Å². The van der Waals surface area contributed by atoms with E-state index in [4.69, 9.17) is 9.47 Å². The monoisotopic (exact) mass is 539 g/mol. The summed E-state index contributed by atoms with van der Waals surface area (Å²) in [5, 5.41) is 3.09. The van der Waals surface area contributed by atoms with Crippen molar-refractivity contribution in [2.24, 2.45) is 11.8 Å². The largest absolute Gasteiger partial charge is 0.460 e. The molecule has 1 N–H and O–H groups in total. The van der Waals surface area contributed by atoms with Gasteiger partial charge in [-0.05, 0) is 67.9 Å². The van der Waals surface area contributed by atoms with E-state index in [1.54, 1.807) is 0 Å². The Kier molecular flexibility index (Phi) is 9.14. The van der Waals surface area contributed by atoms with Gasteiger partial charge in [-0.25, -0.2) is 4.79 Å². The molecule has 4 rings (SSSR count). The number of ether oxygens (including phenoxy) is 2. The topological polar surface area (TPSA) is 64.6 Å². The molecule has 3 aromatic rings. The number of hydrogen-bond acceptors (Lipinski definition) is 4. The van der Waals surface area contributed by atoms with E-state index in [0.29, 0.717) is 6.42 Å². The molecule has 0 aromatic heterocycles. The van der Waals surface area contributed by atoms with E-state index in [1.165, 1.54) is 22.3 Å². The van der Waals surface area contributed by atoms with Crippen molar-refractivity contribution in [2.75, 3.05) is 6.61 Å². The van der Waals surface area contributed by atoms with Crippen LogP contribution in [0.2, 0.25) is 0 Å². The van der Waals surface area contributed by atoms with Gasteiger partial charge in [-0.15, -0.1) is 0 Å². The first kappa shape index (κ1) is 29.1. The lowest BCUT2D eigenvalue weighted by Gasteiger charge is -2.26. The van der Waals surface area contributed by atoms with Crippen LogP contribution in [0.3, 0.4) is 0 Å². The zero-order valence-corrected chi connectivity index (χ0v) is 24.4. The van der Waals surface area contributed by atoms with Crippen molar-refractivity contribution in [3.8, 4) is 11.1 Å². The molecule has 5 nitrogen and oxygen atoms in total. The maximum absolute atomic E-state index is 13.2. The third kappa shape index (κ3) is 7.20. The standard InChI is InChI=1S/C35H41NO4/c1-23(2)30(33(37)40-35(4,5)6)20-24(3)32(21-25-14-8-7-9-15-25)36-34(38)39-22-31-28-18-12-10-16-26(28)27-17-11-13-19-29(27)31/h7-20,23,30-32H,21-22H2,1-6H3,(H,36,38)/b24-20+/t30-,32+/m0/s1. The molecule has 0 fully saturated rings. The summed E-state index contributed by atoms with van der Waals surface area (Å²) in [7, 11) is 0. The highest BCUT2D eigenvalue weighted by atomic mass is 16.6. The van der Waals surface area contributed by atoms with Gasteiger partial charge in [0.15, 0.2) is 0 Å². The Morgan fingerprint density at radius 1 is 0.875 bits per heavy atom. The van der Waals surface area contributed by atoms with Gasteiger partial charge in [-0.3, -0.25) is 4.79 Å². The average Bonchev–Trinajstić information content (AvgIpc) is 3.23. The van der Waals surface area contributed by atoms with E-state index in [9.17, 15) is 9.59 Å². The highest BCUT2D eigenvalue weighted by Gasteiger charge is 2.30. The molecule has 1 aliphatic carbocycles. The van der Waals surface area contributed by atoms with Gasteiger partial charge in [-0.1, -0.05) is 104 Å². The molecule has 0 heterocycles. The molecular formula is C35H41NO4. The molecule has 2 atom stereocenters. The quantitative estimate of drug-likeness (QED) is 0.224. The first-order valence-electron chi connectivity index (χ1n) is 14.1. The van der Waals surface area contributed by atoms with Crippen molar-refractivity contribution in [3.05, 3.63) is 107 Å². The second-order valence-electron chi connectivity index (χ2n) is 11.9. The third-order valence-electron chi connectivity index (χ3n) is 7.31. The summed E-state index contributed by atoms with van der Waals surface area (Å²) in [5.74, 6) is -0.667. The molecule has 3 aromatic carbocycles. The Labute approximate surface area is 238 Å². The molecule has 0 radical (unpaired) electrons. The predicted molar refractivity (Wildman–Crippen MR) is 160 cm³/mol. The van der Waals surface area contributed by atoms with Gasteiger partial charge in [0, 0.05) is 5.92 Å². The molecule has 0 bridgehead atoms. The van der Waals surface area contributed by atoms with Gasteiger partial charge in [-0.2, -0.15) is 0 Å². The number of benzene rings is 3. The summed E-state index contributed by atoms with van der Waals surface area (Å²) in [5.41, 5.74) is 6.12. The molecule has 0 saturated heterocycles. The van der Waals surface area contributed by atoms with Crippen molar-refractivity contribution >= 4 is 12.1 Å². The number of esters is 1.